The van der Waals surface area contributed by atoms with Gasteiger partial charge in [-0.2, -0.15) is 0 Å². The van der Waals surface area contributed by atoms with Gasteiger partial charge in [-0.1, -0.05) is 13.3 Å². The van der Waals surface area contributed by atoms with Crippen LogP contribution in [0.25, 0.3) is 0 Å². The van der Waals surface area contributed by atoms with Gasteiger partial charge in [0.25, 0.3) is 0 Å². The summed E-state index contributed by atoms with van der Waals surface area (Å²) in [6.45, 7) is 2.05. The second-order valence-electron chi connectivity index (χ2n) is 3.18. The van der Waals surface area contributed by atoms with Crippen LogP contribution in [0.1, 0.15) is 26.2 Å². The van der Waals surface area contributed by atoms with Crippen molar-refractivity contribution in [3.63, 3.8) is 0 Å². The molecule has 0 spiro atoms. The quantitative estimate of drug-likeness (QED) is 0.599. The molecule has 0 saturated heterocycles. The van der Waals surface area contributed by atoms with Gasteiger partial charge < -0.3 is 10.5 Å². The Morgan fingerprint density at radius 1 is 1.82 bits per heavy atom. The minimum Gasteiger partial charge on any atom is -0.468 e. The Hall–Kier alpha value is -0.570. The summed E-state index contributed by atoms with van der Waals surface area (Å²) in [5.41, 5.74) is 5.17. The van der Waals surface area contributed by atoms with E-state index in [0.717, 1.165) is 19.3 Å². The number of carbonyl (C=O) groups is 1. The van der Waals surface area contributed by atoms with E-state index in [0.29, 0.717) is 5.92 Å². The highest BCUT2D eigenvalue weighted by Gasteiger charge is 2.49. The van der Waals surface area contributed by atoms with E-state index in [1.165, 1.54) is 7.11 Å². The van der Waals surface area contributed by atoms with Crippen molar-refractivity contribution in [1.29, 1.82) is 0 Å². The van der Waals surface area contributed by atoms with Crippen molar-refractivity contribution in [3.8, 4) is 0 Å². The summed E-state index contributed by atoms with van der Waals surface area (Å²) in [5.74, 6) is 0.0746. The zero-order valence-corrected chi connectivity index (χ0v) is 7.09. The molecule has 64 valence electrons. The predicted molar refractivity (Wildman–Crippen MR) is 41.9 cm³/mol. The van der Waals surface area contributed by atoms with Gasteiger partial charge in [-0.25, -0.2) is 0 Å². The maximum atomic E-state index is 11.1. The molecule has 0 aromatic heterocycles. The number of esters is 1. The molecular weight excluding hydrogens is 142 g/mol. The van der Waals surface area contributed by atoms with Crippen LogP contribution in [0.4, 0.5) is 0 Å². The molecule has 0 aromatic carbocycles. The van der Waals surface area contributed by atoms with Crippen molar-refractivity contribution in [3.05, 3.63) is 0 Å². The maximum Gasteiger partial charge on any atom is 0.326 e. The number of nitrogens with two attached hydrogens (primary N) is 1. The molecule has 3 nitrogen and oxygen atoms in total. The molecule has 1 fully saturated rings. The summed E-state index contributed by atoms with van der Waals surface area (Å²) >= 11 is 0. The first-order chi connectivity index (χ1) is 5.15. The molecule has 3 heteroatoms. The largest absolute Gasteiger partial charge is 0.468 e. The second kappa shape index (κ2) is 2.81. The average Bonchev–Trinajstić information content (AvgIpc) is 2.00. The third-order valence-corrected chi connectivity index (χ3v) is 2.69. The number of rotatable bonds is 2. The highest BCUT2D eigenvalue weighted by Crippen LogP contribution is 2.39. The van der Waals surface area contributed by atoms with E-state index < -0.39 is 5.54 Å². The lowest BCUT2D eigenvalue weighted by molar-refractivity contribution is -0.154. The van der Waals surface area contributed by atoms with Crippen LogP contribution in [-0.2, 0) is 9.53 Å². The van der Waals surface area contributed by atoms with Gasteiger partial charge in [0, 0.05) is 0 Å². The van der Waals surface area contributed by atoms with Crippen molar-refractivity contribution >= 4 is 5.97 Å². The van der Waals surface area contributed by atoms with Gasteiger partial charge in [0.2, 0.25) is 0 Å². The number of hydrogen-bond donors (Lipinski definition) is 1. The van der Waals surface area contributed by atoms with Gasteiger partial charge in [0.1, 0.15) is 5.54 Å². The minimum absolute atomic E-state index is 0.254. The van der Waals surface area contributed by atoms with Gasteiger partial charge in [0.05, 0.1) is 7.11 Å². The van der Waals surface area contributed by atoms with Crippen molar-refractivity contribution in [1.82, 2.24) is 0 Å². The molecule has 2 unspecified atom stereocenters. The van der Waals surface area contributed by atoms with E-state index in [4.69, 9.17) is 5.73 Å². The van der Waals surface area contributed by atoms with E-state index >= 15 is 0 Å². The van der Waals surface area contributed by atoms with E-state index in [1.807, 2.05) is 6.92 Å². The van der Waals surface area contributed by atoms with E-state index in [1.54, 1.807) is 0 Å². The average molecular weight is 157 g/mol. The summed E-state index contributed by atoms with van der Waals surface area (Å²) < 4.78 is 4.63. The lowest BCUT2D eigenvalue weighted by Gasteiger charge is -2.43. The van der Waals surface area contributed by atoms with Crippen LogP contribution in [0.15, 0.2) is 0 Å². The number of hydrogen-bond acceptors (Lipinski definition) is 3. The highest BCUT2D eigenvalue weighted by atomic mass is 16.5. The summed E-state index contributed by atoms with van der Waals surface area (Å²) in [7, 11) is 1.39. The van der Waals surface area contributed by atoms with E-state index in [-0.39, 0.29) is 5.97 Å². The zero-order chi connectivity index (χ0) is 8.48. The predicted octanol–water partition coefficient (Wildman–Crippen LogP) is 0.677. The fraction of sp³-hybridized carbons (Fsp3) is 0.875. The Kier molecular flexibility index (Phi) is 2.18. The summed E-state index contributed by atoms with van der Waals surface area (Å²) in [4.78, 5) is 11.1. The topological polar surface area (TPSA) is 52.3 Å². The van der Waals surface area contributed by atoms with Crippen molar-refractivity contribution in [2.45, 2.75) is 31.7 Å². The van der Waals surface area contributed by atoms with Crippen LogP contribution >= 0.6 is 0 Å². The molecule has 1 rings (SSSR count). The number of methoxy groups -OCH3 is 1. The molecule has 0 bridgehead atoms. The van der Waals surface area contributed by atoms with Crippen LogP contribution in [0.5, 0.6) is 0 Å². The third-order valence-electron chi connectivity index (χ3n) is 2.69. The third kappa shape index (κ3) is 1.13. The molecule has 2 N–H and O–H groups in total. The fourth-order valence-corrected chi connectivity index (χ4v) is 1.69. The molecule has 0 amide bonds. The molecule has 0 radical (unpaired) electrons. The molecule has 11 heavy (non-hydrogen) atoms. The molecular formula is C8H15NO2. The molecule has 0 heterocycles. The standard InChI is InChI=1S/C8H15NO2/c1-3-6-4-5-8(6,9)7(10)11-2/h6H,3-5,9H2,1-2H3. The van der Waals surface area contributed by atoms with E-state index in [9.17, 15) is 4.79 Å². The van der Waals surface area contributed by atoms with E-state index in [2.05, 4.69) is 4.74 Å². The van der Waals surface area contributed by atoms with Gasteiger partial charge >= 0.3 is 5.97 Å². The van der Waals surface area contributed by atoms with Gasteiger partial charge in [0.15, 0.2) is 0 Å². The lowest BCUT2D eigenvalue weighted by Crippen LogP contribution is -2.61. The van der Waals surface area contributed by atoms with Crippen LogP contribution in [0.3, 0.4) is 0 Å². The smallest absolute Gasteiger partial charge is 0.326 e. The van der Waals surface area contributed by atoms with Gasteiger partial charge in [-0.3, -0.25) is 4.79 Å². The lowest BCUT2D eigenvalue weighted by atomic mass is 9.66. The maximum absolute atomic E-state index is 11.1. The highest BCUT2D eigenvalue weighted by molar-refractivity contribution is 5.82. The van der Waals surface area contributed by atoms with Gasteiger partial charge in [-0.05, 0) is 18.8 Å². The normalized spacial score (nSPS) is 36.1. The second-order valence-corrected chi connectivity index (χ2v) is 3.18. The number of ether oxygens (including phenoxy) is 1. The van der Waals surface area contributed by atoms with Crippen LogP contribution in [0.2, 0.25) is 0 Å². The first-order valence-corrected chi connectivity index (χ1v) is 4.02. The molecule has 1 aliphatic carbocycles. The Labute approximate surface area is 66.9 Å². The Morgan fingerprint density at radius 3 is 2.73 bits per heavy atom. The Morgan fingerprint density at radius 2 is 2.45 bits per heavy atom. The minimum atomic E-state index is -0.663. The van der Waals surface area contributed by atoms with Crippen LogP contribution < -0.4 is 5.73 Å². The first kappa shape index (κ1) is 8.53. The first-order valence-electron chi connectivity index (χ1n) is 4.02. The zero-order valence-electron chi connectivity index (χ0n) is 7.09. The molecule has 2 atom stereocenters. The summed E-state index contributed by atoms with van der Waals surface area (Å²) in [6, 6.07) is 0. The SMILES string of the molecule is CCC1CCC1(N)C(=O)OC. The molecule has 1 aliphatic rings. The molecule has 1 saturated carbocycles. The fourth-order valence-electron chi connectivity index (χ4n) is 1.69. The molecule has 0 aromatic rings. The summed E-state index contributed by atoms with van der Waals surface area (Å²) in [6.07, 6.45) is 2.80. The van der Waals surface area contributed by atoms with Crippen molar-refractivity contribution < 1.29 is 9.53 Å². The number of carbonyl (C=O) groups excluding carboxylic acids is 1. The van der Waals surface area contributed by atoms with Crippen LogP contribution in [0, 0.1) is 5.92 Å². The Bertz CT molecular complexity index is 167. The van der Waals surface area contributed by atoms with Gasteiger partial charge in [-0.15, -0.1) is 0 Å². The van der Waals surface area contributed by atoms with Crippen molar-refractivity contribution in [2.75, 3.05) is 7.11 Å². The van der Waals surface area contributed by atoms with Crippen molar-refractivity contribution in [2.24, 2.45) is 11.7 Å². The summed E-state index contributed by atoms with van der Waals surface area (Å²) in [5, 5.41) is 0. The Balaban J connectivity index is 2.60. The molecule has 0 aliphatic heterocycles. The monoisotopic (exact) mass is 157 g/mol. The van der Waals surface area contributed by atoms with Crippen LogP contribution in [-0.4, -0.2) is 18.6 Å².